The summed E-state index contributed by atoms with van der Waals surface area (Å²) in [4.78, 5) is 86.9. The van der Waals surface area contributed by atoms with E-state index < -0.39 is 0 Å². The summed E-state index contributed by atoms with van der Waals surface area (Å²) in [5.41, 5.74) is 69.3. The van der Waals surface area contributed by atoms with Crippen LogP contribution in [0.3, 0.4) is 0 Å². The maximum absolute atomic E-state index is 6.47. The number of aromatic nitrogens is 25. The first-order valence-electron chi connectivity index (χ1n) is 48.2. The molecule has 7 aliphatic heterocycles. The summed E-state index contributed by atoms with van der Waals surface area (Å²) in [5.74, 6) is 5.57. The number of hydrogen-bond donors (Lipinski definition) is 10. The van der Waals surface area contributed by atoms with Gasteiger partial charge in [0.05, 0.1) is 104 Å². The predicted molar refractivity (Wildman–Crippen MR) is 575 cm³/mol. The molecule has 1 saturated carbocycles. The number of ether oxygens (including phenoxy) is 2. The molecule has 20 N–H and O–H groups in total. The van der Waals surface area contributed by atoms with Crippen LogP contribution in [0.15, 0.2) is 142 Å². The number of nitrogen functional groups attached to an aromatic ring is 5. The van der Waals surface area contributed by atoms with Crippen molar-refractivity contribution in [2.75, 3.05) is 145 Å². The minimum absolute atomic E-state index is 0.0558. The highest BCUT2D eigenvalue weighted by Crippen LogP contribution is 2.51. The molecule has 42 nitrogen and oxygen atoms in total. The van der Waals surface area contributed by atoms with Crippen molar-refractivity contribution < 1.29 is 9.47 Å². The van der Waals surface area contributed by atoms with E-state index in [1.165, 1.54) is 71.7 Å². The fourth-order valence-corrected chi connectivity index (χ4v) is 26.1. The van der Waals surface area contributed by atoms with Gasteiger partial charge in [-0.05, 0) is 173 Å². The highest BCUT2D eigenvalue weighted by Gasteiger charge is 2.50. The van der Waals surface area contributed by atoms with E-state index in [1.807, 2.05) is 69.5 Å². The Kier molecular flexibility index (Phi) is 30.7. The summed E-state index contributed by atoms with van der Waals surface area (Å²) in [6, 6.07) is 9.69. The number of aryl methyl sites for hydroxylation is 5. The molecule has 770 valence electrons. The molecule has 23 rings (SSSR count). The summed E-state index contributed by atoms with van der Waals surface area (Å²) in [5, 5.41) is 24.4. The van der Waals surface area contributed by atoms with Gasteiger partial charge in [0.2, 0.25) is 29.7 Å². The third kappa shape index (κ3) is 20.9. The van der Waals surface area contributed by atoms with Crippen LogP contribution in [0.2, 0.25) is 25.1 Å². The van der Waals surface area contributed by atoms with Crippen LogP contribution >= 0.6 is 117 Å². The summed E-state index contributed by atoms with van der Waals surface area (Å²) in [6.07, 6.45) is 29.8. The zero-order chi connectivity index (χ0) is 103. The van der Waals surface area contributed by atoms with E-state index in [9.17, 15) is 0 Å². The van der Waals surface area contributed by atoms with Gasteiger partial charge in [0.25, 0.3) is 0 Å². The molecule has 0 radical (unpaired) electrons. The lowest BCUT2D eigenvalue weighted by Crippen LogP contribution is -2.51. The van der Waals surface area contributed by atoms with Gasteiger partial charge in [0, 0.05) is 155 Å². The minimum atomic E-state index is -0.124. The molecular formula is C94H117Cl5N40O2S5. The molecule has 22 heterocycles. The van der Waals surface area contributed by atoms with E-state index in [0.717, 1.165) is 285 Å². The average molecular weight is 2180 g/mol. The molecule has 8 fully saturated rings. The van der Waals surface area contributed by atoms with Crippen molar-refractivity contribution in [3.63, 3.8) is 0 Å². The number of rotatable bonds is 16. The Balaban J connectivity index is 0.000000115. The van der Waals surface area contributed by atoms with Gasteiger partial charge in [-0.3, -0.25) is 0 Å². The van der Waals surface area contributed by atoms with Crippen molar-refractivity contribution in [1.82, 2.24) is 123 Å². The van der Waals surface area contributed by atoms with Crippen molar-refractivity contribution in [2.45, 2.75) is 218 Å². The van der Waals surface area contributed by atoms with Crippen LogP contribution < -0.4 is 81.8 Å². The number of anilines is 10. The summed E-state index contributed by atoms with van der Waals surface area (Å²) < 4.78 is 20.5. The molecule has 0 aromatic carbocycles. The number of nitrogens with zero attached hydrogens (tertiary/aromatic N) is 30. The van der Waals surface area contributed by atoms with Crippen LogP contribution in [0, 0.1) is 56.3 Å². The zero-order valence-corrected chi connectivity index (χ0v) is 89.9. The zero-order valence-electron chi connectivity index (χ0n) is 82.0. The third-order valence-electron chi connectivity index (χ3n) is 29.5. The molecule has 8 aliphatic rings. The van der Waals surface area contributed by atoms with Crippen molar-refractivity contribution in [2.24, 2.45) is 50.3 Å². The molecule has 4 atom stereocenters. The Morgan fingerprint density at radius 1 is 0.356 bits per heavy atom. The van der Waals surface area contributed by atoms with Crippen LogP contribution in [-0.4, -0.2) is 244 Å². The van der Waals surface area contributed by atoms with Crippen molar-refractivity contribution >= 4 is 204 Å². The van der Waals surface area contributed by atoms with Gasteiger partial charge >= 0.3 is 0 Å². The maximum atomic E-state index is 6.47. The van der Waals surface area contributed by atoms with Crippen molar-refractivity contribution in [1.29, 1.82) is 0 Å². The standard InChI is InChI=1S/C20H25ClN8OS.C20H25ClN8S.C19H23ClN8OS.C18H23ClN8S.C17H21ClN8S/c1-11-15(31-13-3-6-24-17(23)14(13)21)18-25-10-26-29(18)19(27-11)28-7-4-20(5-8-28)9-30-12(2)16(20)22;1-12-16(30-13-4-8-24-17(23)15(13)21)18-25-11-26-29(18)19(27-12)28-9-6-20(7-10-28)5-2-3-14(20)22;1-11-15(30-12-2-5-23-16(22)14(12)20)17-24-10-25-28(17)18(26-11)27-6-3-19(4-7-27)9-29-8-13(19)21;1-11-14(28-12-3-6-22-15(21)13(12)19)16-23-10-24-27(16)17(25-11)26-7-4-18(2,9-20)5-8-26;1-10-13(27-11-3-6-21-14(19)12(11)18)15-22-9-23-26(15)16(24-10)25-7-4-17(2,20)5-8-25/h3,6,10,12,16H,4-5,7-9,22H2,1-2H3,(H2,23,24);4,8,11,14H,2-3,5-7,9-10,22H2,1H3,(H2,23,24);2,5,10,13H,3-4,6-9,21H2,1H3,(H2,22,23);3,6,10H,4-5,7-9,20H2,1-2H3,(H2,21,22);3,6,9H,4-5,7-8,20H2,1-2H3,(H2,19,21). The van der Waals surface area contributed by atoms with Gasteiger partial charge in [-0.2, -0.15) is 48.1 Å². The van der Waals surface area contributed by atoms with Gasteiger partial charge in [0.15, 0.2) is 28.2 Å². The lowest BCUT2D eigenvalue weighted by Gasteiger charge is -2.42. The number of pyridine rings is 5. The topological polar surface area (TPSA) is 575 Å². The normalized spacial score (nSPS) is 19.9. The second-order valence-corrected chi connectivity index (χ2v) is 46.2. The first kappa shape index (κ1) is 104. The molecule has 1 aliphatic carbocycles. The van der Waals surface area contributed by atoms with Gasteiger partial charge in [-0.15, -0.1) is 0 Å². The van der Waals surface area contributed by atoms with E-state index in [-0.39, 0.29) is 40.0 Å². The number of fused-ring (bicyclic) bond motifs is 5. The molecular weight excluding hydrogens is 2060 g/mol. The highest BCUT2D eigenvalue weighted by molar-refractivity contribution is 8.00. The van der Waals surface area contributed by atoms with E-state index in [1.54, 1.807) is 80.7 Å². The Morgan fingerprint density at radius 2 is 0.623 bits per heavy atom. The summed E-state index contributed by atoms with van der Waals surface area (Å²) in [7, 11) is 0. The minimum Gasteiger partial charge on any atom is -0.382 e. The molecule has 0 bridgehead atoms. The largest absolute Gasteiger partial charge is 0.382 e. The lowest BCUT2D eigenvalue weighted by molar-refractivity contribution is 0.0973. The molecule has 3 spiro atoms. The summed E-state index contributed by atoms with van der Waals surface area (Å²) >= 11 is 39.1. The average Bonchev–Trinajstić information content (AvgIpc) is 1.57. The van der Waals surface area contributed by atoms with Crippen LogP contribution in [-0.2, 0) is 9.47 Å². The van der Waals surface area contributed by atoms with Crippen LogP contribution in [0.1, 0.15) is 133 Å². The smallest absolute Gasteiger partial charge is 0.228 e. The third-order valence-corrected chi connectivity index (χ3v) is 38.3. The van der Waals surface area contributed by atoms with Crippen LogP contribution in [0.5, 0.6) is 0 Å². The lowest BCUT2D eigenvalue weighted by atomic mass is 9.73. The maximum Gasteiger partial charge on any atom is 0.228 e. The number of halogens is 5. The second kappa shape index (κ2) is 43.2. The monoisotopic (exact) mass is 2170 g/mol. The number of piperidine rings is 5. The van der Waals surface area contributed by atoms with Gasteiger partial charge in [-0.25, -0.2) is 74.8 Å². The Labute approximate surface area is 888 Å². The summed E-state index contributed by atoms with van der Waals surface area (Å²) in [6.45, 7) is 27.9. The van der Waals surface area contributed by atoms with E-state index in [2.05, 4.69) is 121 Å². The van der Waals surface area contributed by atoms with E-state index in [0.29, 0.717) is 78.8 Å². The first-order chi connectivity index (χ1) is 70.1. The van der Waals surface area contributed by atoms with E-state index in [4.69, 9.17) is 150 Å². The Hall–Kier alpha value is -10.6. The first-order valence-corrected chi connectivity index (χ1v) is 54.2. The highest BCUT2D eigenvalue weighted by atomic mass is 35.5. The van der Waals surface area contributed by atoms with Gasteiger partial charge in [0.1, 0.15) is 60.7 Å². The predicted octanol–water partition coefficient (Wildman–Crippen LogP) is 13.3. The fraction of sp³-hybridized carbons (Fsp3) is 0.468. The second-order valence-electron chi connectivity index (χ2n) is 39.0. The van der Waals surface area contributed by atoms with Crippen molar-refractivity contribution in [3.8, 4) is 0 Å². The molecule has 15 aromatic heterocycles. The SMILES string of the molecule is Cc1nc(N2CCC(C)(CN)CC2)n2ncnc2c1Sc1ccnc(N)c1Cl.Cc1nc(N2CCC(C)(N)CC2)n2ncnc2c1Sc1ccnc(N)c1Cl.Cc1nc(N2CCC3(CC2)COC(C)C3N)n2ncnc2c1Sc1ccnc(N)c1Cl.Cc1nc(N2CCC3(CC2)COCC3N)n2ncnc2c1Sc1ccnc(N)c1Cl.Cc1nc(N2CCC3(CCCC3N)CC2)n2ncnc2c1Sc1ccnc(N)c1Cl. The quantitative estimate of drug-likeness (QED) is 0.0429. The number of nitrogens with two attached hydrogens (primary N) is 10. The fourth-order valence-electron chi connectivity index (χ4n) is 20.1. The molecule has 52 heteroatoms. The van der Waals surface area contributed by atoms with Crippen LogP contribution in [0.4, 0.5) is 58.8 Å². The van der Waals surface area contributed by atoms with Gasteiger partial charge in [-0.1, -0.05) is 130 Å². The van der Waals surface area contributed by atoms with Crippen LogP contribution in [0.25, 0.3) is 28.2 Å². The van der Waals surface area contributed by atoms with Crippen molar-refractivity contribution in [3.05, 3.63) is 147 Å². The molecule has 15 aromatic rings. The van der Waals surface area contributed by atoms with Gasteiger partial charge < -0.3 is 91.3 Å². The molecule has 7 saturated heterocycles. The van der Waals surface area contributed by atoms with E-state index >= 15 is 0 Å². The molecule has 146 heavy (non-hydrogen) atoms. The number of hydrogen-bond acceptors (Lipinski definition) is 42. The molecule has 4 unspecified atom stereocenters. The Bertz CT molecular complexity index is 7120. The Morgan fingerprint density at radius 3 is 0.870 bits per heavy atom. The molecule has 0 amide bonds.